The minimum atomic E-state index is -0.0445. The van der Waals surface area contributed by atoms with Crippen LogP contribution in [0.3, 0.4) is 0 Å². The smallest absolute Gasteiger partial charge is 0.254 e. The van der Waals surface area contributed by atoms with Crippen LogP contribution in [0.25, 0.3) is 0 Å². The normalized spacial score (nSPS) is 15.3. The number of methoxy groups -OCH3 is 3. The molecule has 2 aliphatic heterocycles. The Bertz CT molecular complexity index is 905. The number of piperazine rings is 1. The second-order valence-corrected chi connectivity index (χ2v) is 7.17. The fourth-order valence-corrected chi connectivity index (χ4v) is 3.79. The Hall–Kier alpha value is -2.84. The van der Waals surface area contributed by atoms with Gasteiger partial charge in [0.2, 0.25) is 12.5 Å². The molecule has 0 saturated carbocycles. The summed E-state index contributed by atoms with van der Waals surface area (Å²) in [6, 6.07) is 9.42. The molecule has 0 aromatic heterocycles. The fourth-order valence-electron chi connectivity index (χ4n) is 3.79. The van der Waals surface area contributed by atoms with Gasteiger partial charge in [-0.25, -0.2) is 0 Å². The first-order valence-corrected chi connectivity index (χ1v) is 9.83. The molecule has 0 aliphatic carbocycles. The Kier molecular flexibility index (Phi) is 7.35. The van der Waals surface area contributed by atoms with E-state index in [0.717, 1.165) is 31.1 Å². The van der Waals surface area contributed by atoms with Crippen molar-refractivity contribution < 1.29 is 28.5 Å². The second-order valence-electron chi connectivity index (χ2n) is 7.17. The van der Waals surface area contributed by atoms with E-state index < -0.39 is 0 Å². The molecule has 0 spiro atoms. The zero-order chi connectivity index (χ0) is 21.1. The van der Waals surface area contributed by atoms with E-state index >= 15 is 0 Å². The van der Waals surface area contributed by atoms with E-state index in [1.807, 2.05) is 17.0 Å². The summed E-state index contributed by atoms with van der Waals surface area (Å²) in [6.07, 6.45) is 0. The van der Waals surface area contributed by atoms with Crippen molar-refractivity contribution in [3.05, 3.63) is 41.5 Å². The first kappa shape index (κ1) is 22.8. The third-order valence-corrected chi connectivity index (χ3v) is 5.41. The summed E-state index contributed by atoms with van der Waals surface area (Å²) in [5.41, 5.74) is 1.69. The maximum absolute atomic E-state index is 13.1. The molecule has 31 heavy (non-hydrogen) atoms. The first-order chi connectivity index (χ1) is 14.6. The van der Waals surface area contributed by atoms with Crippen LogP contribution in [-0.4, -0.2) is 70.0 Å². The molecule has 168 valence electrons. The summed E-state index contributed by atoms with van der Waals surface area (Å²) in [7, 11) is 4.63. The molecule has 0 atom stereocenters. The van der Waals surface area contributed by atoms with Gasteiger partial charge in [-0.2, -0.15) is 0 Å². The predicted octanol–water partition coefficient (Wildman–Crippen LogP) is 2.82. The summed E-state index contributed by atoms with van der Waals surface area (Å²) in [5, 5.41) is 0. The highest BCUT2D eigenvalue weighted by molar-refractivity contribution is 5.95. The van der Waals surface area contributed by atoms with E-state index in [4.69, 9.17) is 23.7 Å². The zero-order valence-corrected chi connectivity index (χ0v) is 18.7. The fraction of sp³-hybridized carbons (Fsp3) is 0.409. The molecule has 2 aliphatic rings. The highest BCUT2D eigenvalue weighted by atomic mass is 35.5. The van der Waals surface area contributed by atoms with Gasteiger partial charge in [0, 0.05) is 38.3 Å². The minimum Gasteiger partial charge on any atom is -0.493 e. The van der Waals surface area contributed by atoms with Gasteiger partial charge in [0.05, 0.1) is 21.3 Å². The van der Waals surface area contributed by atoms with Crippen molar-refractivity contribution in [1.82, 2.24) is 9.80 Å². The molecule has 0 radical (unpaired) electrons. The molecule has 0 bridgehead atoms. The van der Waals surface area contributed by atoms with Crippen molar-refractivity contribution in [2.45, 2.75) is 6.54 Å². The third kappa shape index (κ3) is 4.75. The van der Waals surface area contributed by atoms with E-state index in [9.17, 15) is 4.79 Å². The first-order valence-electron chi connectivity index (χ1n) is 9.83. The highest BCUT2D eigenvalue weighted by Crippen LogP contribution is 2.38. The maximum atomic E-state index is 13.1. The number of benzene rings is 2. The number of hydrogen-bond acceptors (Lipinski definition) is 7. The summed E-state index contributed by atoms with van der Waals surface area (Å²) in [6.45, 7) is 3.98. The zero-order valence-electron chi connectivity index (χ0n) is 17.9. The van der Waals surface area contributed by atoms with E-state index in [-0.39, 0.29) is 25.1 Å². The van der Waals surface area contributed by atoms with Crippen molar-refractivity contribution >= 4 is 18.3 Å². The Labute approximate surface area is 188 Å². The molecule has 9 heteroatoms. The molecular weight excluding hydrogens is 424 g/mol. The summed E-state index contributed by atoms with van der Waals surface area (Å²) >= 11 is 0. The molecule has 1 saturated heterocycles. The number of halogens is 1. The van der Waals surface area contributed by atoms with Crippen LogP contribution in [0.1, 0.15) is 15.9 Å². The molecule has 0 N–H and O–H groups in total. The minimum absolute atomic E-state index is 0. The molecule has 8 nitrogen and oxygen atoms in total. The summed E-state index contributed by atoms with van der Waals surface area (Å²) < 4.78 is 26.9. The van der Waals surface area contributed by atoms with E-state index in [1.54, 1.807) is 33.5 Å². The number of hydrogen-bond donors (Lipinski definition) is 0. The number of rotatable bonds is 6. The van der Waals surface area contributed by atoms with Gasteiger partial charge in [0.1, 0.15) is 0 Å². The van der Waals surface area contributed by atoms with Crippen LogP contribution < -0.4 is 23.7 Å². The quantitative estimate of drug-likeness (QED) is 0.670. The molecule has 0 unspecified atom stereocenters. The van der Waals surface area contributed by atoms with Gasteiger partial charge >= 0.3 is 0 Å². The Morgan fingerprint density at radius 2 is 1.55 bits per heavy atom. The second kappa shape index (κ2) is 9.98. The summed E-state index contributed by atoms with van der Waals surface area (Å²) in [5.74, 6) is 2.97. The number of amides is 1. The highest BCUT2D eigenvalue weighted by Gasteiger charge is 2.25. The van der Waals surface area contributed by atoms with E-state index in [1.165, 1.54) is 5.56 Å². The molecule has 4 rings (SSSR count). The lowest BCUT2D eigenvalue weighted by molar-refractivity contribution is 0.0627. The molecule has 2 aromatic rings. The Morgan fingerprint density at radius 1 is 0.903 bits per heavy atom. The van der Waals surface area contributed by atoms with Gasteiger partial charge in [-0.3, -0.25) is 9.69 Å². The molecule has 1 amide bonds. The Morgan fingerprint density at radius 3 is 2.16 bits per heavy atom. The lowest BCUT2D eigenvalue weighted by atomic mass is 10.1. The van der Waals surface area contributed by atoms with E-state index in [0.29, 0.717) is 35.9 Å². The van der Waals surface area contributed by atoms with Crippen molar-refractivity contribution in [2.24, 2.45) is 0 Å². The standard InChI is InChI=1S/C22H26N2O6.ClH/c1-26-19-11-16(12-20(27-2)21(19)28-3)22(25)24-8-6-23(7-9-24)13-15-4-5-17-18(10-15)30-14-29-17;/h4-5,10-12H,6-9,13-14H2,1-3H3;1H. The summed E-state index contributed by atoms with van der Waals surface area (Å²) in [4.78, 5) is 17.2. The maximum Gasteiger partial charge on any atom is 0.254 e. The third-order valence-electron chi connectivity index (χ3n) is 5.41. The SMILES string of the molecule is COc1cc(C(=O)N2CCN(Cc3ccc4c(c3)OCO4)CC2)cc(OC)c1OC.Cl. The molecular formula is C22H27ClN2O6. The monoisotopic (exact) mass is 450 g/mol. The predicted molar refractivity (Wildman–Crippen MR) is 117 cm³/mol. The van der Waals surface area contributed by atoms with Crippen LogP contribution in [0.4, 0.5) is 0 Å². The number of nitrogens with zero attached hydrogens (tertiary/aromatic N) is 2. The van der Waals surface area contributed by atoms with Crippen LogP contribution in [0.2, 0.25) is 0 Å². The molecule has 2 aromatic carbocycles. The van der Waals surface area contributed by atoms with Crippen molar-refractivity contribution in [1.29, 1.82) is 0 Å². The molecule has 1 fully saturated rings. The van der Waals surface area contributed by atoms with Gasteiger partial charge in [-0.05, 0) is 29.8 Å². The topological polar surface area (TPSA) is 69.7 Å². The van der Waals surface area contributed by atoms with Crippen molar-refractivity contribution in [3.8, 4) is 28.7 Å². The number of fused-ring (bicyclic) bond motifs is 1. The average Bonchev–Trinajstić information content (AvgIpc) is 3.26. The van der Waals surface area contributed by atoms with Crippen molar-refractivity contribution in [2.75, 3.05) is 54.3 Å². The van der Waals surface area contributed by atoms with Gasteiger partial charge in [-0.1, -0.05) is 6.07 Å². The van der Waals surface area contributed by atoms with Gasteiger partial charge in [-0.15, -0.1) is 12.4 Å². The average molecular weight is 451 g/mol. The van der Waals surface area contributed by atoms with Gasteiger partial charge in [0.15, 0.2) is 23.0 Å². The molecule has 2 heterocycles. The van der Waals surface area contributed by atoms with Crippen LogP contribution in [0.15, 0.2) is 30.3 Å². The number of carbonyl (C=O) groups excluding carboxylic acids is 1. The van der Waals surface area contributed by atoms with Crippen LogP contribution in [0.5, 0.6) is 28.7 Å². The number of carbonyl (C=O) groups is 1. The van der Waals surface area contributed by atoms with E-state index in [2.05, 4.69) is 11.0 Å². The van der Waals surface area contributed by atoms with Gasteiger partial charge < -0.3 is 28.6 Å². The largest absolute Gasteiger partial charge is 0.493 e. The van der Waals surface area contributed by atoms with Crippen LogP contribution in [0, 0.1) is 0 Å². The van der Waals surface area contributed by atoms with Crippen LogP contribution >= 0.6 is 12.4 Å². The Balaban J connectivity index is 0.00000272. The lowest BCUT2D eigenvalue weighted by Crippen LogP contribution is -2.48. The lowest BCUT2D eigenvalue weighted by Gasteiger charge is -2.35. The van der Waals surface area contributed by atoms with Crippen LogP contribution in [-0.2, 0) is 6.54 Å². The van der Waals surface area contributed by atoms with Gasteiger partial charge in [0.25, 0.3) is 5.91 Å². The number of ether oxygens (including phenoxy) is 5. The van der Waals surface area contributed by atoms with Crippen molar-refractivity contribution in [3.63, 3.8) is 0 Å².